The number of phosphoric acid groups is 1. The molecule has 0 aromatic heterocycles. The van der Waals surface area contributed by atoms with Crippen molar-refractivity contribution in [2.24, 2.45) is 0 Å². The summed E-state index contributed by atoms with van der Waals surface area (Å²) in [7, 11) is 1.56. The third kappa shape index (κ3) is 20.5. The number of hydrogen-bond acceptors (Lipinski definition) is 6. The lowest BCUT2D eigenvalue weighted by Gasteiger charge is -2.24. The lowest BCUT2D eigenvalue weighted by Crippen LogP contribution is -2.37. The average Bonchev–Trinajstić information content (AvgIpc) is 2.62. The van der Waals surface area contributed by atoms with Gasteiger partial charge in [0, 0.05) is 6.42 Å². The molecule has 0 saturated carbocycles. The van der Waals surface area contributed by atoms with Crippen LogP contribution in [0.3, 0.4) is 0 Å². The summed E-state index contributed by atoms with van der Waals surface area (Å²) in [5.41, 5.74) is 0. The molecule has 29 heavy (non-hydrogen) atoms. The molecule has 2 atom stereocenters. The van der Waals surface area contributed by atoms with Gasteiger partial charge in [-0.2, -0.15) is 0 Å². The van der Waals surface area contributed by atoms with E-state index in [-0.39, 0.29) is 19.2 Å². The van der Waals surface area contributed by atoms with E-state index in [4.69, 9.17) is 13.8 Å². The molecule has 0 saturated heterocycles. The number of unbranched alkanes of at least 4 members (excludes halogenated alkanes) is 8. The Kier molecular flexibility index (Phi) is 15.9. The first-order chi connectivity index (χ1) is 13.6. The number of carbonyl (C=O) groups is 1. The molecule has 0 aromatic rings. The van der Waals surface area contributed by atoms with Crippen molar-refractivity contribution in [3.8, 4) is 0 Å². The number of ether oxygens (including phenoxy) is 1. The van der Waals surface area contributed by atoms with Crippen LogP contribution in [-0.4, -0.2) is 74.1 Å². The molecule has 0 aliphatic rings. The molecule has 0 aliphatic carbocycles. The van der Waals surface area contributed by atoms with Crippen LogP contribution >= 0.6 is 7.82 Å². The molecular formula is C20H43NO7P+. The minimum absolute atomic E-state index is 0.0566. The highest BCUT2D eigenvalue weighted by Crippen LogP contribution is 2.43. The lowest BCUT2D eigenvalue weighted by molar-refractivity contribution is -0.870. The highest BCUT2D eigenvalue weighted by Gasteiger charge is 2.24. The SMILES string of the molecule is CCCCCCCCCCCC(=O)OC[C@H](O)COP(=O)(O)OCC[N+](C)(C)C. The number of aliphatic hydroxyl groups excluding tert-OH is 1. The Morgan fingerprint density at radius 2 is 1.48 bits per heavy atom. The van der Waals surface area contributed by atoms with Gasteiger partial charge in [0.2, 0.25) is 0 Å². The van der Waals surface area contributed by atoms with Gasteiger partial charge >= 0.3 is 13.8 Å². The van der Waals surface area contributed by atoms with E-state index in [2.05, 4.69) is 6.92 Å². The number of hydrogen-bond donors (Lipinski definition) is 2. The number of esters is 1. The number of rotatable bonds is 19. The molecule has 174 valence electrons. The normalized spacial score (nSPS) is 15.1. The minimum Gasteiger partial charge on any atom is -0.463 e. The van der Waals surface area contributed by atoms with Crippen LogP contribution in [0, 0.1) is 0 Å². The Bertz CT molecular complexity index is 468. The summed E-state index contributed by atoms with van der Waals surface area (Å²) in [6.45, 7) is 2.09. The first kappa shape index (κ1) is 28.5. The molecule has 0 amide bonds. The van der Waals surface area contributed by atoms with Gasteiger partial charge in [0.25, 0.3) is 0 Å². The number of quaternary nitrogens is 1. The van der Waals surface area contributed by atoms with Crippen LogP contribution in [0.25, 0.3) is 0 Å². The molecule has 0 spiro atoms. The van der Waals surface area contributed by atoms with Gasteiger partial charge in [-0.25, -0.2) is 4.57 Å². The fraction of sp³-hybridized carbons (Fsp3) is 0.950. The van der Waals surface area contributed by atoms with Crippen LogP contribution in [0.15, 0.2) is 0 Å². The number of aliphatic hydroxyl groups is 1. The van der Waals surface area contributed by atoms with E-state index in [9.17, 15) is 19.4 Å². The molecule has 1 unspecified atom stereocenters. The maximum Gasteiger partial charge on any atom is 0.472 e. The largest absolute Gasteiger partial charge is 0.472 e. The summed E-state index contributed by atoms with van der Waals surface area (Å²) in [6, 6.07) is 0. The van der Waals surface area contributed by atoms with Crippen molar-refractivity contribution >= 4 is 13.8 Å². The van der Waals surface area contributed by atoms with E-state index in [0.29, 0.717) is 17.4 Å². The van der Waals surface area contributed by atoms with Gasteiger partial charge in [0.05, 0.1) is 27.7 Å². The second kappa shape index (κ2) is 16.2. The Hall–Kier alpha value is -0.500. The topological polar surface area (TPSA) is 102 Å². The zero-order valence-corrected chi connectivity index (χ0v) is 19.7. The summed E-state index contributed by atoms with van der Waals surface area (Å²) in [5.74, 6) is -0.377. The smallest absolute Gasteiger partial charge is 0.463 e. The zero-order chi connectivity index (χ0) is 22.2. The van der Waals surface area contributed by atoms with E-state index >= 15 is 0 Å². The minimum atomic E-state index is -4.23. The number of likely N-dealkylation sites (N-methyl/N-ethyl adjacent to an activating group) is 1. The second-order valence-corrected chi connectivity index (χ2v) is 9.98. The Morgan fingerprint density at radius 1 is 0.931 bits per heavy atom. The van der Waals surface area contributed by atoms with Crippen molar-refractivity contribution < 1.29 is 37.6 Å². The third-order valence-electron chi connectivity index (χ3n) is 4.37. The predicted molar refractivity (Wildman–Crippen MR) is 113 cm³/mol. The van der Waals surface area contributed by atoms with Gasteiger partial charge in [-0.1, -0.05) is 58.3 Å². The van der Waals surface area contributed by atoms with Crippen LogP contribution in [0.2, 0.25) is 0 Å². The molecule has 0 radical (unpaired) electrons. The molecule has 8 nitrogen and oxygen atoms in total. The van der Waals surface area contributed by atoms with Crippen molar-refractivity contribution in [2.45, 2.75) is 77.2 Å². The number of nitrogens with zero attached hydrogens (tertiary/aromatic N) is 1. The number of phosphoric ester groups is 1. The van der Waals surface area contributed by atoms with Gasteiger partial charge in [-0.15, -0.1) is 0 Å². The molecule has 2 N–H and O–H groups in total. The quantitative estimate of drug-likeness (QED) is 0.137. The summed E-state index contributed by atoms with van der Waals surface area (Å²) >= 11 is 0. The monoisotopic (exact) mass is 440 g/mol. The van der Waals surface area contributed by atoms with Gasteiger partial charge in [-0.3, -0.25) is 13.8 Å². The van der Waals surface area contributed by atoms with E-state index in [1.165, 1.54) is 38.5 Å². The maximum absolute atomic E-state index is 11.7. The Morgan fingerprint density at radius 3 is 2.03 bits per heavy atom. The Balaban J connectivity index is 3.69. The van der Waals surface area contributed by atoms with Crippen molar-refractivity contribution in [1.29, 1.82) is 0 Å². The van der Waals surface area contributed by atoms with Gasteiger partial charge < -0.3 is 19.2 Å². The Labute approximate surface area is 176 Å². The maximum atomic E-state index is 11.7. The molecule has 0 bridgehead atoms. The predicted octanol–water partition coefficient (Wildman–Crippen LogP) is 3.65. The molecule has 0 aliphatic heterocycles. The number of carbonyl (C=O) groups excluding carboxylic acids is 1. The highest BCUT2D eigenvalue weighted by atomic mass is 31.2. The van der Waals surface area contributed by atoms with Crippen LogP contribution in [0.5, 0.6) is 0 Å². The standard InChI is InChI=1S/C20H42NO7P/c1-5-6-7-8-9-10-11-12-13-14-20(23)26-17-19(22)18-28-29(24,25)27-16-15-21(2,3)4/h19,22H,5-18H2,1-4H3/p+1/t19-/m0/s1. The summed E-state index contributed by atoms with van der Waals surface area (Å²) in [5, 5.41) is 9.75. The summed E-state index contributed by atoms with van der Waals surface area (Å²) < 4.78 is 26.9. The van der Waals surface area contributed by atoms with Crippen LogP contribution in [0.1, 0.15) is 71.1 Å². The van der Waals surface area contributed by atoms with Crippen LogP contribution in [0.4, 0.5) is 0 Å². The molecule has 9 heteroatoms. The summed E-state index contributed by atoms with van der Waals surface area (Å²) in [4.78, 5) is 21.3. The lowest BCUT2D eigenvalue weighted by atomic mass is 10.1. The summed E-state index contributed by atoms with van der Waals surface area (Å²) in [6.07, 6.45) is 9.64. The first-order valence-corrected chi connectivity index (χ1v) is 12.3. The molecule has 0 heterocycles. The molecule has 0 fully saturated rings. The second-order valence-electron chi connectivity index (χ2n) is 8.53. The van der Waals surface area contributed by atoms with E-state index < -0.39 is 20.5 Å². The van der Waals surface area contributed by atoms with E-state index in [1.807, 2.05) is 21.1 Å². The third-order valence-corrected chi connectivity index (χ3v) is 5.35. The molecule has 0 rings (SSSR count). The van der Waals surface area contributed by atoms with Crippen molar-refractivity contribution in [3.05, 3.63) is 0 Å². The molecule has 0 aromatic carbocycles. The van der Waals surface area contributed by atoms with Crippen molar-refractivity contribution in [2.75, 3.05) is 47.5 Å². The van der Waals surface area contributed by atoms with Crippen LogP contribution in [-0.2, 0) is 23.1 Å². The highest BCUT2D eigenvalue weighted by molar-refractivity contribution is 7.47. The van der Waals surface area contributed by atoms with Crippen LogP contribution < -0.4 is 0 Å². The fourth-order valence-electron chi connectivity index (χ4n) is 2.54. The van der Waals surface area contributed by atoms with Gasteiger partial charge in [-0.05, 0) is 6.42 Å². The van der Waals surface area contributed by atoms with Gasteiger partial charge in [0.15, 0.2) is 0 Å². The average molecular weight is 441 g/mol. The van der Waals surface area contributed by atoms with Gasteiger partial charge in [0.1, 0.15) is 25.9 Å². The van der Waals surface area contributed by atoms with Crippen molar-refractivity contribution in [3.63, 3.8) is 0 Å². The molecular weight excluding hydrogens is 397 g/mol. The fourth-order valence-corrected chi connectivity index (χ4v) is 3.28. The first-order valence-electron chi connectivity index (χ1n) is 10.8. The zero-order valence-electron chi connectivity index (χ0n) is 18.8. The van der Waals surface area contributed by atoms with E-state index in [1.54, 1.807) is 0 Å². The van der Waals surface area contributed by atoms with Crippen molar-refractivity contribution in [1.82, 2.24) is 0 Å². The van der Waals surface area contributed by atoms with E-state index in [0.717, 1.165) is 19.3 Å².